The molecule has 37 heavy (non-hydrogen) atoms. The number of benzene rings is 2. The quantitative estimate of drug-likeness (QED) is 0.240. The smallest absolute Gasteiger partial charge is 0.273 e. The van der Waals surface area contributed by atoms with E-state index in [0.29, 0.717) is 18.2 Å². The number of nitrogens with two attached hydrogens (primary N) is 1. The highest BCUT2D eigenvalue weighted by Crippen LogP contribution is 2.32. The summed E-state index contributed by atoms with van der Waals surface area (Å²) in [6.45, 7) is 5.00. The van der Waals surface area contributed by atoms with Gasteiger partial charge in [0.1, 0.15) is 24.1 Å². The molecular formula is C27H30ClF2N3O3S. The van der Waals surface area contributed by atoms with Gasteiger partial charge in [0.2, 0.25) is 5.91 Å². The molecule has 2 aromatic carbocycles. The SMILES string of the molecule is Cc1cccc(CN(C(=O)C(CN)Cc2cnc(OCCOc3c(F)ccc(F)c3Cl)s2)C2CC2)c1C. The maximum absolute atomic E-state index is 13.8. The van der Waals surface area contributed by atoms with E-state index in [4.69, 9.17) is 26.8 Å². The minimum absolute atomic E-state index is 0.0480. The summed E-state index contributed by atoms with van der Waals surface area (Å²) < 4.78 is 38.2. The van der Waals surface area contributed by atoms with Crippen molar-refractivity contribution in [3.63, 3.8) is 0 Å². The van der Waals surface area contributed by atoms with Crippen molar-refractivity contribution in [2.75, 3.05) is 19.8 Å². The first-order chi connectivity index (χ1) is 17.8. The van der Waals surface area contributed by atoms with E-state index in [2.05, 4.69) is 31.0 Å². The van der Waals surface area contributed by atoms with E-state index in [1.165, 1.54) is 22.5 Å². The predicted molar refractivity (Wildman–Crippen MR) is 140 cm³/mol. The van der Waals surface area contributed by atoms with Gasteiger partial charge >= 0.3 is 0 Å². The molecule has 1 atom stereocenters. The second-order valence-electron chi connectivity index (χ2n) is 9.15. The lowest BCUT2D eigenvalue weighted by molar-refractivity contribution is -0.136. The molecule has 1 amide bonds. The molecule has 1 unspecified atom stereocenters. The van der Waals surface area contributed by atoms with Crippen molar-refractivity contribution >= 4 is 28.8 Å². The average molecular weight is 550 g/mol. The number of carbonyl (C=O) groups is 1. The third-order valence-corrected chi connectivity index (χ3v) is 7.78. The number of hydrogen-bond donors (Lipinski definition) is 1. The van der Waals surface area contributed by atoms with E-state index in [9.17, 15) is 13.6 Å². The molecule has 2 N–H and O–H groups in total. The van der Waals surface area contributed by atoms with Gasteiger partial charge < -0.3 is 20.1 Å². The number of ether oxygens (including phenoxy) is 2. The molecule has 1 aromatic heterocycles. The van der Waals surface area contributed by atoms with Gasteiger partial charge in [0.15, 0.2) is 11.6 Å². The molecule has 1 heterocycles. The van der Waals surface area contributed by atoms with Crippen LogP contribution in [0.2, 0.25) is 5.02 Å². The van der Waals surface area contributed by atoms with E-state index in [1.54, 1.807) is 6.20 Å². The van der Waals surface area contributed by atoms with Gasteiger partial charge in [-0.25, -0.2) is 13.8 Å². The molecule has 1 aliphatic rings. The van der Waals surface area contributed by atoms with Crippen molar-refractivity contribution in [3.05, 3.63) is 74.8 Å². The minimum atomic E-state index is -0.762. The Hall–Kier alpha value is -2.75. The Kier molecular flexibility index (Phi) is 9.00. The van der Waals surface area contributed by atoms with Crippen LogP contribution in [0.15, 0.2) is 36.5 Å². The largest absolute Gasteiger partial charge is 0.485 e. The molecule has 0 saturated heterocycles. The molecule has 198 valence electrons. The van der Waals surface area contributed by atoms with Crippen molar-refractivity contribution in [2.24, 2.45) is 11.7 Å². The van der Waals surface area contributed by atoms with Crippen molar-refractivity contribution in [1.82, 2.24) is 9.88 Å². The second-order valence-corrected chi connectivity index (χ2v) is 10.6. The number of amides is 1. The van der Waals surface area contributed by atoms with Gasteiger partial charge in [-0.2, -0.15) is 0 Å². The van der Waals surface area contributed by atoms with E-state index < -0.39 is 16.7 Å². The van der Waals surface area contributed by atoms with Crippen molar-refractivity contribution < 1.29 is 23.0 Å². The van der Waals surface area contributed by atoms with Gasteiger partial charge in [-0.1, -0.05) is 41.1 Å². The third kappa shape index (κ3) is 6.77. The number of nitrogens with zero attached hydrogens (tertiary/aromatic N) is 2. The van der Waals surface area contributed by atoms with E-state index in [1.807, 2.05) is 11.0 Å². The monoisotopic (exact) mass is 549 g/mol. The molecule has 1 aliphatic carbocycles. The summed E-state index contributed by atoms with van der Waals surface area (Å²) in [5, 5.41) is -0.0195. The number of aromatic nitrogens is 1. The van der Waals surface area contributed by atoms with Crippen LogP contribution < -0.4 is 15.2 Å². The zero-order valence-corrected chi connectivity index (χ0v) is 22.4. The highest BCUT2D eigenvalue weighted by molar-refractivity contribution is 7.13. The van der Waals surface area contributed by atoms with Gasteiger partial charge in [-0.15, -0.1) is 0 Å². The summed E-state index contributed by atoms with van der Waals surface area (Å²) in [5.74, 6) is -2.17. The van der Waals surface area contributed by atoms with E-state index >= 15 is 0 Å². The molecule has 1 fully saturated rings. The Bertz CT molecular complexity index is 1250. The predicted octanol–water partition coefficient (Wildman–Crippen LogP) is 5.46. The fourth-order valence-electron chi connectivity index (χ4n) is 4.05. The Morgan fingerprint density at radius 1 is 1.19 bits per heavy atom. The third-order valence-electron chi connectivity index (χ3n) is 6.50. The Labute approximate surface area is 224 Å². The zero-order valence-electron chi connectivity index (χ0n) is 20.8. The zero-order chi connectivity index (χ0) is 26.5. The maximum atomic E-state index is 13.8. The fourth-order valence-corrected chi connectivity index (χ4v) is 5.12. The number of halogens is 3. The van der Waals surface area contributed by atoms with Gasteiger partial charge in [-0.05, 0) is 61.9 Å². The molecule has 3 aromatic rings. The number of thiazole rings is 1. The van der Waals surface area contributed by atoms with Crippen LogP contribution in [-0.4, -0.2) is 41.6 Å². The van der Waals surface area contributed by atoms with Crippen LogP contribution in [-0.2, 0) is 17.8 Å². The van der Waals surface area contributed by atoms with Crippen LogP contribution in [0, 0.1) is 31.4 Å². The van der Waals surface area contributed by atoms with Crippen LogP contribution in [0.4, 0.5) is 8.78 Å². The summed E-state index contributed by atoms with van der Waals surface area (Å²) in [6, 6.07) is 8.33. The highest BCUT2D eigenvalue weighted by Gasteiger charge is 2.36. The van der Waals surface area contributed by atoms with Gasteiger partial charge in [0, 0.05) is 30.2 Å². The number of hydrogen-bond acceptors (Lipinski definition) is 6. The summed E-state index contributed by atoms with van der Waals surface area (Å²) in [6.07, 6.45) is 4.16. The number of aryl methyl sites for hydroxylation is 1. The Balaban J connectivity index is 1.32. The molecule has 6 nitrogen and oxygen atoms in total. The van der Waals surface area contributed by atoms with E-state index in [0.717, 1.165) is 35.4 Å². The molecule has 10 heteroatoms. The first kappa shape index (κ1) is 27.3. The summed E-state index contributed by atoms with van der Waals surface area (Å²) in [4.78, 5) is 20.6. The molecular weight excluding hydrogens is 520 g/mol. The van der Waals surface area contributed by atoms with Gasteiger partial charge in [-0.3, -0.25) is 4.79 Å². The van der Waals surface area contributed by atoms with E-state index in [-0.39, 0.29) is 43.4 Å². The fraction of sp³-hybridized carbons (Fsp3) is 0.407. The average Bonchev–Trinajstić information content (AvgIpc) is 3.63. The molecule has 0 bridgehead atoms. The van der Waals surface area contributed by atoms with Crippen molar-refractivity contribution in [3.8, 4) is 10.9 Å². The van der Waals surface area contributed by atoms with Crippen LogP contribution in [0.1, 0.15) is 34.4 Å². The number of carbonyl (C=O) groups excluding carboxylic acids is 1. The molecule has 1 saturated carbocycles. The first-order valence-corrected chi connectivity index (χ1v) is 13.4. The second kappa shape index (κ2) is 12.2. The summed E-state index contributed by atoms with van der Waals surface area (Å²) >= 11 is 7.08. The van der Waals surface area contributed by atoms with Gasteiger partial charge in [0.25, 0.3) is 5.19 Å². The topological polar surface area (TPSA) is 77.7 Å². The standard InChI is InChI=1S/C27H30ClF2N3O3S/c1-16-4-3-5-18(17(16)2)15-33(20-6-7-20)26(34)19(13-31)12-21-14-32-27(37-21)36-11-10-35-25-23(30)9-8-22(29)24(25)28/h3-5,8-9,14,19-20H,6-7,10-13,15,31H2,1-2H3. The first-order valence-electron chi connectivity index (χ1n) is 12.2. The van der Waals surface area contributed by atoms with Crippen molar-refractivity contribution in [2.45, 2.75) is 45.7 Å². The van der Waals surface area contributed by atoms with Crippen LogP contribution >= 0.6 is 22.9 Å². The number of rotatable bonds is 12. The summed E-state index contributed by atoms with van der Waals surface area (Å²) in [5.41, 5.74) is 9.62. The maximum Gasteiger partial charge on any atom is 0.273 e. The van der Waals surface area contributed by atoms with Crippen LogP contribution in [0.5, 0.6) is 10.9 Å². The summed E-state index contributed by atoms with van der Waals surface area (Å²) in [7, 11) is 0. The Morgan fingerprint density at radius 3 is 2.65 bits per heavy atom. The lowest BCUT2D eigenvalue weighted by atomic mass is 10.00. The molecule has 0 radical (unpaired) electrons. The normalized spacial score (nSPS) is 13.9. The molecule has 0 aliphatic heterocycles. The minimum Gasteiger partial charge on any atom is -0.485 e. The lowest BCUT2D eigenvalue weighted by Gasteiger charge is -2.27. The molecule has 0 spiro atoms. The van der Waals surface area contributed by atoms with Crippen LogP contribution in [0.3, 0.4) is 0 Å². The Morgan fingerprint density at radius 2 is 1.92 bits per heavy atom. The molecule has 4 rings (SSSR count). The lowest BCUT2D eigenvalue weighted by Crippen LogP contribution is -2.41. The van der Waals surface area contributed by atoms with Crippen LogP contribution in [0.25, 0.3) is 0 Å². The highest BCUT2D eigenvalue weighted by atomic mass is 35.5. The van der Waals surface area contributed by atoms with Crippen molar-refractivity contribution in [1.29, 1.82) is 0 Å². The van der Waals surface area contributed by atoms with Gasteiger partial charge in [0.05, 0.1) is 5.92 Å².